The topological polar surface area (TPSA) is 89.3 Å². The van der Waals surface area contributed by atoms with Crippen molar-refractivity contribution in [1.82, 2.24) is 5.32 Å². The summed E-state index contributed by atoms with van der Waals surface area (Å²) < 4.78 is 23.0. The summed E-state index contributed by atoms with van der Waals surface area (Å²) in [5, 5.41) is 2.93. The Balaban J connectivity index is 2.04. The summed E-state index contributed by atoms with van der Waals surface area (Å²) in [6, 6.07) is 0. The molecule has 1 aliphatic carbocycles. The summed E-state index contributed by atoms with van der Waals surface area (Å²) in [6.07, 6.45) is 2.10. The maximum atomic E-state index is 12.3. The highest BCUT2D eigenvalue weighted by Gasteiger charge is 2.50. The zero-order valence-corrected chi connectivity index (χ0v) is 11.8. The lowest BCUT2D eigenvalue weighted by atomic mass is 9.62. The van der Waals surface area contributed by atoms with Crippen LogP contribution in [-0.4, -0.2) is 37.9 Å². The minimum Gasteiger partial charge on any atom is -0.349 e. The molecule has 2 fully saturated rings. The summed E-state index contributed by atoms with van der Waals surface area (Å²) in [5.41, 5.74) is 4.65. The van der Waals surface area contributed by atoms with Crippen LogP contribution in [0.3, 0.4) is 0 Å². The number of rotatable bonds is 3. The van der Waals surface area contributed by atoms with Gasteiger partial charge in [-0.25, -0.2) is 8.42 Å². The maximum Gasteiger partial charge on any atom is 0.227 e. The van der Waals surface area contributed by atoms with Crippen LogP contribution >= 0.6 is 0 Å². The molecule has 1 atom stereocenters. The van der Waals surface area contributed by atoms with Gasteiger partial charge in [0.2, 0.25) is 5.91 Å². The van der Waals surface area contributed by atoms with E-state index in [1.54, 1.807) is 0 Å². The molecule has 0 spiro atoms. The van der Waals surface area contributed by atoms with Gasteiger partial charge in [-0.1, -0.05) is 6.92 Å². The SMILES string of the molecule is CC1CC(CN)(C(=O)NC2(C)CCS(=O)(=O)C2)C1. The van der Waals surface area contributed by atoms with Crippen molar-refractivity contribution in [3.8, 4) is 0 Å². The quantitative estimate of drug-likeness (QED) is 0.761. The highest BCUT2D eigenvalue weighted by molar-refractivity contribution is 7.91. The molecule has 6 heteroatoms. The molecular weight excluding hydrogens is 252 g/mol. The van der Waals surface area contributed by atoms with Crippen molar-refractivity contribution in [1.29, 1.82) is 0 Å². The molecule has 2 aliphatic rings. The summed E-state index contributed by atoms with van der Waals surface area (Å²) >= 11 is 0. The highest BCUT2D eigenvalue weighted by Crippen LogP contribution is 2.45. The smallest absolute Gasteiger partial charge is 0.227 e. The molecule has 1 aliphatic heterocycles. The van der Waals surface area contributed by atoms with Crippen LogP contribution in [0.2, 0.25) is 0 Å². The van der Waals surface area contributed by atoms with Gasteiger partial charge in [0.05, 0.1) is 22.5 Å². The molecule has 0 aromatic carbocycles. The fourth-order valence-corrected chi connectivity index (χ4v) is 5.33. The van der Waals surface area contributed by atoms with E-state index in [9.17, 15) is 13.2 Å². The van der Waals surface area contributed by atoms with Crippen molar-refractivity contribution < 1.29 is 13.2 Å². The van der Waals surface area contributed by atoms with E-state index in [0.29, 0.717) is 18.9 Å². The molecule has 0 aromatic rings. The monoisotopic (exact) mass is 274 g/mol. The maximum absolute atomic E-state index is 12.3. The lowest BCUT2D eigenvalue weighted by Crippen LogP contribution is -2.59. The molecular formula is C12H22N2O3S. The predicted molar refractivity (Wildman–Crippen MR) is 69.7 cm³/mol. The van der Waals surface area contributed by atoms with Gasteiger partial charge in [0.1, 0.15) is 0 Å². The van der Waals surface area contributed by atoms with E-state index in [1.807, 2.05) is 6.92 Å². The van der Waals surface area contributed by atoms with Crippen LogP contribution in [0.4, 0.5) is 0 Å². The fraction of sp³-hybridized carbons (Fsp3) is 0.917. The van der Waals surface area contributed by atoms with Gasteiger partial charge in [-0.3, -0.25) is 4.79 Å². The molecule has 18 heavy (non-hydrogen) atoms. The van der Waals surface area contributed by atoms with Crippen molar-refractivity contribution in [3.63, 3.8) is 0 Å². The van der Waals surface area contributed by atoms with Gasteiger partial charge >= 0.3 is 0 Å². The molecule has 104 valence electrons. The lowest BCUT2D eigenvalue weighted by molar-refractivity contribution is -0.139. The second-order valence-electron chi connectivity index (χ2n) is 6.35. The van der Waals surface area contributed by atoms with Gasteiger partial charge < -0.3 is 11.1 Å². The number of carbonyl (C=O) groups excluding carboxylic acids is 1. The van der Waals surface area contributed by atoms with Gasteiger partial charge in [0, 0.05) is 6.54 Å². The Morgan fingerprint density at radius 2 is 2.06 bits per heavy atom. The number of amides is 1. The third kappa shape index (κ3) is 2.40. The molecule has 2 rings (SSSR count). The first kappa shape index (κ1) is 13.8. The van der Waals surface area contributed by atoms with Crippen molar-refractivity contribution in [2.45, 2.75) is 38.6 Å². The van der Waals surface area contributed by atoms with Gasteiger partial charge in [0.25, 0.3) is 0 Å². The zero-order chi connectivity index (χ0) is 13.6. The molecule has 1 saturated heterocycles. The Hall–Kier alpha value is -0.620. The molecule has 1 amide bonds. The van der Waals surface area contributed by atoms with E-state index < -0.39 is 20.8 Å². The Kier molecular flexibility index (Phi) is 3.22. The number of hydrogen-bond acceptors (Lipinski definition) is 4. The minimum absolute atomic E-state index is 0.0436. The van der Waals surface area contributed by atoms with E-state index in [2.05, 4.69) is 12.2 Å². The normalized spacial score (nSPS) is 42.3. The first-order chi connectivity index (χ1) is 8.20. The van der Waals surface area contributed by atoms with E-state index in [1.165, 1.54) is 0 Å². The third-order valence-corrected chi connectivity index (χ3v) is 6.17. The molecule has 1 heterocycles. The Morgan fingerprint density at radius 1 is 1.44 bits per heavy atom. The van der Waals surface area contributed by atoms with Crippen molar-refractivity contribution in [3.05, 3.63) is 0 Å². The fourth-order valence-electron chi connectivity index (χ4n) is 3.23. The molecule has 1 unspecified atom stereocenters. The summed E-state index contributed by atoms with van der Waals surface area (Å²) in [6.45, 7) is 4.25. The molecule has 3 N–H and O–H groups in total. The van der Waals surface area contributed by atoms with E-state index in [4.69, 9.17) is 5.73 Å². The van der Waals surface area contributed by atoms with Crippen LogP contribution in [0.25, 0.3) is 0 Å². The molecule has 5 nitrogen and oxygen atoms in total. The van der Waals surface area contributed by atoms with E-state index >= 15 is 0 Å². The molecule has 0 bridgehead atoms. The molecule has 0 aromatic heterocycles. The second-order valence-corrected chi connectivity index (χ2v) is 8.54. The minimum atomic E-state index is -3.00. The van der Waals surface area contributed by atoms with E-state index in [-0.39, 0.29) is 17.4 Å². The average Bonchev–Trinajstić information content (AvgIpc) is 2.47. The van der Waals surface area contributed by atoms with Crippen molar-refractivity contribution in [2.24, 2.45) is 17.1 Å². The molecule has 1 saturated carbocycles. The third-order valence-electron chi connectivity index (χ3n) is 4.27. The molecule has 0 radical (unpaired) electrons. The average molecular weight is 274 g/mol. The van der Waals surface area contributed by atoms with Gasteiger partial charge in [0.15, 0.2) is 9.84 Å². The van der Waals surface area contributed by atoms with Crippen LogP contribution in [0.5, 0.6) is 0 Å². The second kappa shape index (κ2) is 4.20. The standard InChI is InChI=1S/C12H22N2O3S/c1-9-5-12(6-9,7-13)10(15)14-11(2)3-4-18(16,17)8-11/h9H,3-8,13H2,1-2H3,(H,14,15). The Bertz CT molecular complexity index is 454. The number of sulfone groups is 1. The van der Waals surface area contributed by atoms with Gasteiger partial charge in [-0.2, -0.15) is 0 Å². The van der Waals surface area contributed by atoms with Crippen LogP contribution in [0.1, 0.15) is 33.1 Å². The first-order valence-corrected chi connectivity index (χ1v) is 8.26. The summed E-state index contributed by atoms with van der Waals surface area (Å²) in [4.78, 5) is 12.3. The lowest BCUT2D eigenvalue weighted by Gasteiger charge is -2.45. The number of carbonyl (C=O) groups is 1. The van der Waals surface area contributed by atoms with Crippen LogP contribution in [0, 0.1) is 11.3 Å². The zero-order valence-electron chi connectivity index (χ0n) is 11.0. The van der Waals surface area contributed by atoms with Crippen LogP contribution < -0.4 is 11.1 Å². The van der Waals surface area contributed by atoms with Crippen molar-refractivity contribution >= 4 is 15.7 Å². The predicted octanol–water partition coefficient (Wildman–Crippen LogP) is 0.0548. The number of nitrogens with one attached hydrogen (secondary N) is 1. The summed E-state index contributed by atoms with van der Waals surface area (Å²) in [7, 11) is -3.00. The number of hydrogen-bond donors (Lipinski definition) is 2. The number of nitrogens with two attached hydrogens (primary N) is 1. The Labute approximate surface area is 108 Å². The highest BCUT2D eigenvalue weighted by atomic mass is 32.2. The van der Waals surface area contributed by atoms with Crippen molar-refractivity contribution in [2.75, 3.05) is 18.1 Å². The largest absolute Gasteiger partial charge is 0.349 e. The first-order valence-electron chi connectivity index (χ1n) is 6.43. The van der Waals surface area contributed by atoms with Gasteiger partial charge in [-0.05, 0) is 32.1 Å². The van der Waals surface area contributed by atoms with Crippen LogP contribution in [0.15, 0.2) is 0 Å². The van der Waals surface area contributed by atoms with Gasteiger partial charge in [-0.15, -0.1) is 0 Å². The van der Waals surface area contributed by atoms with E-state index in [0.717, 1.165) is 12.8 Å². The van der Waals surface area contributed by atoms with Crippen LogP contribution in [-0.2, 0) is 14.6 Å². The summed E-state index contributed by atoms with van der Waals surface area (Å²) in [5.74, 6) is 0.666. The Morgan fingerprint density at radius 3 is 2.44 bits per heavy atom.